The van der Waals surface area contributed by atoms with Gasteiger partial charge < -0.3 is 5.32 Å². The van der Waals surface area contributed by atoms with Crippen molar-refractivity contribution in [3.05, 3.63) is 18.0 Å². The molecule has 2 atom stereocenters. The third-order valence-electron chi connectivity index (χ3n) is 4.03. The molecule has 0 spiro atoms. The minimum absolute atomic E-state index is 0.253. The predicted octanol–water partition coefficient (Wildman–Crippen LogP) is 2.77. The van der Waals surface area contributed by atoms with Crippen LogP contribution in [0.3, 0.4) is 0 Å². The van der Waals surface area contributed by atoms with Gasteiger partial charge in [0.2, 0.25) is 0 Å². The molecule has 1 aliphatic carbocycles. The Morgan fingerprint density at radius 2 is 2.06 bits per heavy atom. The molecular weight excluding hydrogens is 222 g/mol. The summed E-state index contributed by atoms with van der Waals surface area (Å²) in [7, 11) is 1.99. The van der Waals surface area contributed by atoms with Gasteiger partial charge in [-0.1, -0.05) is 0 Å². The van der Waals surface area contributed by atoms with Gasteiger partial charge in [0.1, 0.15) is 0 Å². The van der Waals surface area contributed by atoms with E-state index < -0.39 is 0 Å². The highest BCUT2D eigenvalue weighted by Crippen LogP contribution is 2.37. The van der Waals surface area contributed by atoms with E-state index in [9.17, 15) is 0 Å². The van der Waals surface area contributed by atoms with Crippen LogP contribution >= 0.6 is 0 Å². The number of nitrogens with zero attached hydrogens (tertiary/aromatic N) is 2. The van der Waals surface area contributed by atoms with Crippen LogP contribution < -0.4 is 5.32 Å². The lowest BCUT2D eigenvalue weighted by atomic mass is 9.71. The Bertz CT molecular complexity index is 375. The zero-order valence-corrected chi connectivity index (χ0v) is 12.2. The Morgan fingerprint density at radius 3 is 2.56 bits per heavy atom. The van der Waals surface area contributed by atoms with E-state index in [0.29, 0.717) is 0 Å². The molecule has 1 N–H and O–H groups in total. The fraction of sp³-hybridized carbons (Fsp3) is 0.800. The van der Waals surface area contributed by atoms with E-state index in [0.717, 1.165) is 11.8 Å². The summed E-state index contributed by atoms with van der Waals surface area (Å²) in [6, 6.07) is 0. The van der Waals surface area contributed by atoms with E-state index in [1.165, 1.54) is 37.8 Å². The number of aromatic nitrogens is 2. The molecule has 2 rings (SSSR count). The molecule has 1 aromatic heterocycles. The minimum atomic E-state index is 0.253. The van der Waals surface area contributed by atoms with Crippen LogP contribution in [0.1, 0.15) is 45.6 Å². The molecule has 1 saturated carbocycles. The summed E-state index contributed by atoms with van der Waals surface area (Å²) in [4.78, 5) is 0. The molecule has 1 aliphatic rings. The summed E-state index contributed by atoms with van der Waals surface area (Å²) in [6.45, 7) is 7.92. The maximum atomic E-state index is 4.23. The highest BCUT2D eigenvalue weighted by atomic mass is 15.2. The molecule has 2 unspecified atom stereocenters. The molecule has 0 radical (unpaired) electrons. The van der Waals surface area contributed by atoms with Crippen LogP contribution in [0.25, 0.3) is 0 Å². The van der Waals surface area contributed by atoms with Crippen molar-refractivity contribution >= 4 is 0 Å². The maximum Gasteiger partial charge on any atom is 0.0521 e. The fourth-order valence-corrected chi connectivity index (χ4v) is 2.68. The second kappa shape index (κ2) is 5.43. The van der Waals surface area contributed by atoms with Crippen molar-refractivity contribution in [3.63, 3.8) is 0 Å². The highest BCUT2D eigenvalue weighted by Gasteiger charge is 2.30. The molecule has 1 heterocycles. The average molecular weight is 249 g/mol. The van der Waals surface area contributed by atoms with E-state index in [2.05, 4.69) is 37.4 Å². The Labute approximate surface area is 111 Å². The SMILES string of the molecule is Cn1cc(CCC2CCC2CNC(C)(C)C)cn1. The van der Waals surface area contributed by atoms with Crippen molar-refractivity contribution < 1.29 is 0 Å². The first-order valence-electron chi connectivity index (χ1n) is 7.16. The fourth-order valence-electron chi connectivity index (χ4n) is 2.68. The molecule has 102 valence electrons. The van der Waals surface area contributed by atoms with E-state index in [1.807, 2.05) is 17.9 Å². The summed E-state index contributed by atoms with van der Waals surface area (Å²) in [5.74, 6) is 1.81. The van der Waals surface area contributed by atoms with Crippen LogP contribution in [-0.2, 0) is 13.5 Å². The van der Waals surface area contributed by atoms with Crippen molar-refractivity contribution in [1.29, 1.82) is 0 Å². The molecule has 0 amide bonds. The lowest BCUT2D eigenvalue weighted by Crippen LogP contribution is -2.43. The van der Waals surface area contributed by atoms with Gasteiger partial charge in [0.25, 0.3) is 0 Å². The zero-order valence-electron chi connectivity index (χ0n) is 12.2. The smallest absolute Gasteiger partial charge is 0.0521 e. The molecule has 18 heavy (non-hydrogen) atoms. The second-order valence-electron chi connectivity index (χ2n) is 6.79. The van der Waals surface area contributed by atoms with Crippen molar-refractivity contribution in [2.45, 2.75) is 52.0 Å². The van der Waals surface area contributed by atoms with Crippen LogP contribution in [0.5, 0.6) is 0 Å². The van der Waals surface area contributed by atoms with E-state index >= 15 is 0 Å². The predicted molar refractivity (Wildman–Crippen MR) is 75.5 cm³/mol. The normalized spacial score (nSPS) is 24.0. The molecule has 3 nitrogen and oxygen atoms in total. The number of nitrogens with one attached hydrogen (secondary N) is 1. The minimum Gasteiger partial charge on any atom is -0.312 e. The van der Waals surface area contributed by atoms with Gasteiger partial charge in [0.15, 0.2) is 0 Å². The summed E-state index contributed by atoms with van der Waals surface area (Å²) < 4.78 is 1.90. The maximum absolute atomic E-state index is 4.23. The molecule has 0 aliphatic heterocycles. The number of hydrogen-bond acceptors (Lipinski definition) is 2. The second-order valence-corrected chi connectivity index (χ2v) is 6.79. The van der Waals surface area contributed by atoms with Crippen molar-refractivity contribution in [2.24, 2.45) is 18.9 Å². The van der Waals surface area contributed by atoms with Crippen molar-refractivity contribution in [1.82, 2.24) is 15.1 Å². The highest BCUT2D eigenvalue weighted by molar-refractivity contribution is 5.04. The molecule has 3 heteroatoms. The Kier molecular flexibility index (Phi) is 4.10. The molecule has 0 saturated heterocycles. The van der Waals surface area contributed by atoms with Gasteiger partial charge in [0.05, 0.1) is 6.20 Å². The molecule has 0 aromatic carbocycles. The summed E-state index contributed by atoms with van der Waals surface area (Å²) in [6.07, 6.45) is 9.46. The van der Waals surface area contributed by atoms with Crippen LogP contribution in [-0.4, -0.2) is 21.9 Å². The van der Waals surface area contributed by atoms with Crippen LogP contribution in [0.2, 0.25) is 0 Å². The van der Waals surface area contributed by atoms with E-state index in [-0.39, 0.29) is 5.54 Å². The first kappa shape index (κ1) is 13.6. The summed E-state index contributed by atoms with van der Waals surface area (Å²) in [5, 5.41) is 7.87. The van der Waals surface area contributed by atoms with Crippen LogP contribution in [0.15, 0.2) is 12.4 Å². The average Bonchev–Trinajstić information content (AvgIpc) is 2.61. The van der Waals surface area contributed by atoms with E-state index in [1.54, 1.807) is 0 Å². The van der Waals surface area contributed by atoms with Crippen molar-refractivity contribution in [3.8, 4) is 0 Å². The largest absolute Gasteiger partial charge is 0.312 e. The standard InChI is InChI=1S/C15H27N3/c1-15(2,3)16-10-14-8-7-13(14)6-5-12-9-17-18(4)11-12/h9,11,13-14,16H,5-8,10H2,1-4H3. The number of rotatable bonds is 5. The third-order valence-corrected chi connectivity index (χ3v) is 4.03. The number of aryl methyl sites for hydroxylation is 2. The van der Waals surface area contributed by atoms with Gasteiger partial charge in [-0.3, -0.25) is 4.68 Å². The van der Waals surface area contributed by atoms with Crippen molar-refractivity contribution in [2.75, 3.05) is 6.54 Å². The van der Waals surface area contributed by atoms with Gasteiger partial charge in [-0.15, -0.1) is 0 Å². The van der Waals surface area contributed by atoms with Crippen LogP contribution in [0.4, 0.5) is 0 Å². The number of hydrogen-bond donors (Lipinski definition) is 1. The lowest BCUT2D eigenvalue weighted by molar-refractivity contribution is 0.150. The molecule has 1 fully saturated rings. The first-order chi connectivity index (χ1) is 8.44. The van der Waals surface area contributed by atoms with Gasteiger partial charge in [0, 0.05) is 18.8 Å². The third kappa shape index (κ3) is 3.84. The summed E-state index contributed by atoms with van der Waals surface area (Å²) in [5.41, 5.74) is 1.63. The van der Waals surface area contributed by atoms with Gasteiger partial charge in [-0.2, -0.15) is 5.10 Å². The Morgan fingerprint density at radius 1 is 1.33 bits per heavy atom. The first-order valence-corrected chi connectivity index (χ1v) is 7.16. The van der Waals surface area contributed by atoms with Gasteiger partial charge in [-0.25, -0.2) is 0 Å². The van der Waals surface area contributed by atoms with E-state index in [4.69, 9.17) is 0 Å². The van der Waals surface area contributed by atoms with Crippen LogP contribution in [0, 0.1) is 11.8 Å². The monoisotopic (exact) mass is 249 g/mol. The lowest BCUT2D eigenvalue weighted by Gasteiger charge is -2.38. The Balaban J connectivity index is 1.70. The quantitative estimate of drug-likeness (QED) is 0.869. The topological polar surface area (TPSA) is 29.9 Å². The molecule has 0 bridgehead atoms. The zero-order chi connectivity index (χ0) is 13.2. The molecular formula is C15H27N3. The van der Waals surface area contributed by atoms with Gasteiger partial charge in [-0.05, 0) is 70.4 Å². The summed E-state index contributed by atoms with van der Waals surface area (Å²) >= 11 is 0. The van der Waals surface area contributed by atoms with Gasteiger partial charge >= 0.3 is 0 Å². The molecule has 1 aromatic rings. The Hall–Kier alpha value is -0.830.